The highest BCUT2D eigenvalue weighted by atomic mass is 35.5. The maximum Gasteiger partial charge on any atom is 0.253 e. The third-order valence-electron chi connectivity index (χ3n) is 5.35. The van der Waals surface area contributed by atoms with E-state index < -0.39 is 0 Å². The molecule has 0 saturated carbocycles. The first kappa shape index (κ1) is 19.4. The topological polar surface area (TPSA) is 67.2 Å². The Morgan fingerprint density at radius 1 is 1.17 bits per heavy atom. The van der Waals surface area contributed by atoms with Gasteiger partial charge < -0.3 is 14.4 Å². The average Bonchev–Trinajstić information content (AvgIpc) is 3.27. The Morgan fingerprint density at radius 3 is 2.48 bits per heavy atom. The summed E-state index contributed by atoms with van der Waals surface area (Å²) < 4.78 is 2.00. The summed E-state index contributed by atoms with van der Waals surface area (Å²) in [6, 6.07) is 8.14. The quantitative estimate of drug-likeness (QED) is 0.646. The van der Waals surface area contributed by atoms with E-state index in [9.17, 15) is 4.79 Å². The maximum atomic E-state index is 12.9. The largest absolute Gasteiger partial charge is 0.341 e. The minimum atomic E-state index is 0.0861. The van der Waals surface area contributed by atoms with Gasteiger partial charge in [-0.2, -0.15) is 0 Å². The Balaban J connectivity index is 1.33. The highest BCUT2D eigenvalue weighted by Crippen LogP contribution is 2.21. The standard InChI is InChI=1S/C21H23ClN6O/c1-26(21-24-12-18(22)13-25-21)19-6-9-28(10-7-19)20(29)17-4-2-16(3-5-17)14-27-11-8-23-15-27/h2-5,8,11-13,15,19H,6-7,9-10,14H2,1H3. The summed E-state index contributed by atoms with van der Waals surface area (Å²) in [5.41, 5.74) is 1.87. The number of anilines is 1. The lowest BCUT2D eigenvalue weighted by Crippen LogP contribution is -2.46. The van der Waals surface area contributed by atoms with Crippen LogP contribution in [0.1, 0.15) is 28.8 Å². The van der Waals surface area contributed by atoms with Crippen LogP contribution >= 0.6 is 11.6 Å². The molecule has 1 fully saturated rings. The average molecular weight is 411 g/mol. The second-order valence-corrected chi connectivity index (χ2v) is 7.70. The molecule has 3 aromatic rings. The van der Waals surface area contributed by atoms with E-state index in [1.165, 1.54) is 0 Å². The van der Waals surface area contributed by atoms with E-state index in [0.717, 1.165) is 43.6 Å². The molecule has 1 aliphatic heterocycles. The molecule has 7 nitrogen and oxygen atoms in total. The van der Waals surface area contributed by atoms with Gasteiger partial charge in [0.2, 0.25) is 5.95 Å². The van der Waals surface area contributed by atoms with Crippen molar-refractivity contribution in [2.75, 3.05) is 25.0 Å². The van der Waals surface area contributed by atoms with Crippen LogP contribution in [0.25, 0.3) is 0 Å². The van der Waals surface area contributed by atoms with Crippen LogP contribution in [0, 0.1) is 0 Å². The Bertz CT molecular complexity index is 934. The zero-order chi connectivity index (χ0) is 20.2. The maximum absolute atomic E-state index is 12.9. The van der Waals surface area contributed by atoms with Crippen LogP contribution in [0.15, 0.2) is 55.4 Å². The number of imidazole rings is 1. The first-order chi connectivity index (χ1) is 14.1. The lowest BCUT2D eigenvalue weighted by Gasteiger charge is -2.36. The van der Waals surface area contributed by atoms with Crippen LogP contribution in [0.3, 0.4) is 0 Å². The van der Waals surface area contributed by atoms with Crippen LogP contribution in [-0.4, -0.2) is 56.5 Å². The zero-order valence-electron chi connectivity index (χ0n) is 16.3. The number of rotatable bonds is 5. The molecule has 1 aliphatic rings. The SMILES string of the molecule is CN(c1ncc(Cl)cn1)C1CCN(C(=O)c2ccc(Cn3ccnc3)cc2)CC1. The molecule has 0 radical (unpaired) electrons. The number of nitrogens with zero attached hydrogens (tertiary/aromatic N) is 6. The van der Waals surface area contributed by atoms with Gasteiger partial charge in [0.25, 0.3) is 5.91 Å². The zero-order valence-corrected chi connectivity index (χ0v) is 17.0. The van der Waals surface area contributed by atoms with Crippen molar-refractivity contribution in [1.82, 2.24) is 24.4 Å². The van der Waals surface area contributed by atoms with Crippen molar-refractivity contribution < 1.29 is 4.79 Å². The van der Waals surface area contributed by atoms with Crippen molar-refractivity contribution in [3.05, 3.63) is 71.5 Å². The van der Waals surface area contributed by atoms with Crippen molar-refractivity contribution >= 4 is 23.5 Å². The monoisotopic (exact) mass is 410 g/mol. The Morgan fingerprint density at radius 2 is 1.86 bits per heavy atom. The van der Waals surface area contributed by atoms with Gasteiger partial charge in [-0.05, 0) is 30.5 Å². The van der Waals surface area contributed by atoms with Crippen LogP contribution in [0.4, 0.5) is 5.95 Å². The van der Waals surface area contributed by atoms with E-state index in [-0.39, 0.29) is 5.91 Å². The molecule has 1 amide bonds. The van der Waals surface area contributed by atoms with E-state index in [0.29, 0.717) is 17.0 Å². The summed E-state index contributed by atoms with van der Waals surface area (Å²) >= 11 is 5.87. The number of carbonyl (C=O) groups excluding carboxylic acids is 1. The molecule has 0 atom stereocenters. The molecule has 0 unspecified atom stereocenters. The molecule has 1 aromatic carbocycles. The van der Waals surface area contributed by atoms with Gasteiger partial charge in [-0.3, -0.25) is 4.79 Å². The lowest BCUT2D eigenvalue weighted by molar-refractivity contribution is 0.0713. The van der Waals surface area contributed by atoms with Gasteiger partial charge in [0.05, 0.1) is 23.7 Å². The van der Waals surface area contributed by atoms with Crippen molar-refractivity contribution in [3.8, 4) is 0 Å². The smallest absolute Gasteiger partial charge is 0.253 e. The van der Waals surface area contributed by atoms with Crippen LogP contribution in [-0.2, 0) is 6.54 Å². The fourth-order valence-electron chi connectivity index (χ4n) is 3.63. The molecule has 0 bridgehead atoms. The first-order valence-corrected chi connectivity index (χ1v) is 10.0. The third-order valence-corrected chi connectivity index (χ3v) is 5.54. The van der Waals surface area contributed by atoms with E-state index in [1.54, 1.807) is 24.9 Å². The van der Waals surface area contributed by atoms with E-state index >= 15 is 0 Å². The number of likely N-dealkylation sites (tertiary alicyclic amines) is 1. The summed E-state index contributed by atoms with van der Waals surface area (Å²) in [6.07, 6.45) is 10.5. The second-order valence-electron chi connectivity index (χ2n) is 7.27. The molecule has 1 saturated heterocycles. The number of hydrogen-bond donors (Lipinski definition) is 0. The van der Waals surface area contributed by atoms with Gasteiger partial charge in [-0.25, -0.2) is 15.0 Å². The third kappa shape index (κ3) is 4.56. The molecule has 0 aliphatic carbocycles. The normalized spacial score (nSPS) is 14.8. The minimum absolute atomic E-state index is 0.0861. The van der Waals surface area contributed by atoms with Gasteiger partial charge in [0.1, 0.15) is 0 Å². The predicted octanol–water partition coefficient (Wildman–Crippen LogP) is 3.12. The van der Waals surface area contributed by atoms with Crippen molar-refractivity contribution in [3.63, 3.8) is 0 Å². The molecule has 0 N–H and O–H groups in total. The summed E-state index contributed by atoms with van der Waals surface area (Å²) in [5, 5.41) is 0.526. The Labute approximate surface area is 175 Å². The fourth-order valence-corrected chi connectivity index (χ4v) is 3.73. The van der Waals surface area contributed by atoms with Crippen molar-refractivity contribution in [2.45, 2.75) is 25.4 Å². The number of carbonyl (C=O) groups is 1. The molecule has 8 heteroatoms. The summed E-state index contributed by atoms with van der Waals surface area (Å²) in [6.45, 7) is 2.19. The summed E-state index contributed by atoms with van der Waals surface area (Å²) in [5.74, 6) is 0.746. The van der Waals surface area contributed by atoms with Crippen LogP contribution in [0.2, 0.25) is 5.02 Å². The molecular formula is C21H23ClN6O. The number of halogens is 1. The fraction of sp³-hybridized carbons (Fsp3) is 0.333. The first-order valence-electron chi connectivity index (χ1n) is 9.64. The van der Waals surface area contributed by atoms with Gasteiger partial charge in [0.15, 0.2) is 0 Å². The van der Waals surface area contributed by atoms with Crippen molar-refractivity contribution in [2.24, 2.45) is 0 Å². The molecule has 4 rings (SSSR count). The number of aromatic nitrogens is 4. The highest BCUT2D eigenvalue weighted by Gasteiger charge is 2.27. The van der Waals surface area contributed by atoms with E-state index in [1.807, 2.05) is 47.0 Å². The number of benzene rings is 1. The number of amides is 1. The Hall–Kier alpha value is -2.93. The number of piperidine rings is 1. The van der Waals surface area contributed by atoms with E-state index in [4.69, 9.17) is 11.6 Å². The molecular weight excluding hydrogens is 388 g/mol. The molecule has 2 aromatic heterocycles. The number of hydrogen-bond acceptors (Lipinski definition) is 5. The molecule has 0 spiro atoms. The molecule has 29 heavy (non-hydrogen) atoms. The van der Waals surface area contributed by atoms with Crippen LogP contribution in [0.5, 0.6) is 0 Å². The van der Waals surface area contributed by atoms with Gasteiger partial charge in [-0.1, -0.05) is 23.7 Å². The minimum Gasteiger partial charge on any atom is -0.341 e. The molecule has 150 valence electrons. The lowest BCUT2D eigenvalue weighted by atomic mass is 10.0. The van der Waals surface area contributed by atoms with Gasteiger partial charge in [0, 0.05) is 50.7 Å². The van der Waals surface area contributed by atoms with Gasteiger partial charge in [-0.15, -0.1) is 0 Å². The predicted molar refractivity (Wildman–Crippen MR) is 112 cm³/mol. The Kier molecular flexibility index (Phi) is 5.76. The molecule has 3 heterocycles. The second kappa shape index (κ2) is 8.61. The van der Waals surface area contributed by atoms with Gasteiger partial charge >= 0.3 is 0 Å². The van der Waals surface area contributed by atoms with E-state index in [2.05, 4.69) is 19.9 Å². The van der Waals surface area contributed by atoms with Crippen molar-refractivity contribution in [1.29, 1.82) is 0 Å². The summed E-state index contributed by atoms with van der Waals surface area (Å²) in [7, 11) is 1.99. The van der Waals surface area contributed by atoms with Crippen LogP contribution < -0.4 is 4.90 Å². The summed E-state index contributed by atoms with van der Waals surface area (Å²) in [4.78, 5) is 29.5. The highest BCUT2D eigenvalue weighted by molar-refractivity contribution is 6.30.